The molecular weight excluding hydrogens is 519 g/mol. The Labute approximate surface area is 224 Å². The number of nitrogens with zero attached hydrogens (tertiary/aromatic N) is 4. The maximum atomic E-state index is 13.3. The number of halogens is 3. The third-order valence-corrected chi connectivity index (χ3v) is 7.36. The van der Waals surface area contributed by atoms with Crippen LogP contribution in [0.4, 0.5) is 30.2 Å². The van der Waals surface area contributed by atoms with E-state index >= 15 is 0 Å². The Kier molecular flexibility index (Phi) is 8.69. The van der Waals surface area contributed by atoms with Gasteiger partial charge in [0, 0.05) is 49.7 Å². The first-order chi connectivity index (χ1) is 18.1. The molecule has 0 bridgehead atoms. The average Bonchev–Trinajstić information content (AvgIpc) is 2.92. The van der Waals surface area contributed by atoms with Crippen molar-refractivity contribution in [2.24, 2.45) is 0 Å². The van der Waals surface area contributed by atoms with Crippen molar-refractivity contribution in [3.63, 3.8) is 0 Å². The number of nitro groups is 1. The third kappa shape index (κ3) is 6.90. The highest BCUT2D eigenvalue weighted by atomic mass is 32.1. The van der Waals surface area contributed by atoms with Gasteiger partial charge in [-0.05, 0) is 62.1 Å². The Bertz CT molecular complexity index is 1190. The van der Waals surface area contributed by atoms with Gasteiger partial charge in [-0.15, -0.1) is 0 Å². The van der Waals surface area contributed by atoms with Gasteiger partial charge in [-0.25, -0.2) is 0 Å². The molecule has 0 radical (unpaired) electrons. The van der Waals surface area contributed by atoms with Gasteiger partial charge in [0.15, 0.2) is 0 Å². The Morgan fingerprint density at radius 1 is 1.11 bits per heavy atom. The fourth-order valence-electron chi connectivity index (χ4n) is 4.86. The number of anilines is 2. The summed E-state index contributed by atoms with van der Waals surface area (Å²) in [7, 11) is 0. The molecule has 1 saturated carbocycles. The van der Waals surface area contributed by atoms with Crippen LogP contribution < -0.4 is 10.2 Å². The van der Waals surface area contributed by atoms with Gasteiger partial charge >= 0.3 is 6.18 Å². The third-order valence-electron chi connectivity index (χ3n) is 6.98. The van der Waals surface area contributed by atoms with Crippen LogP contribution in [0.1, 0.15) is 36.8 Å². The number of nitrogens with one attached hydrogen (secondary N) is 1. The molecule has 0 spiro atoms. The van der Waals surface area contributed by atoms with Crippen molar-refractivity contribution in [2.75, 3.05) is 43.0 Å². The molecule has 0 atom stereocenters. The highest BCUT2D eigenvalue weighted by Crippen LogP contribution is 2.38. The molecule has 2 aliphatic rings. The van der Waals surface area contributed by atoms with E-state index in [0.717, 1.165) is 61.8 Å². The fourth-order valence-corrected chi connectivity index (χ4v) is 5.11. The molecule has 0 unspecified atom stereocenters. The number of hydrogen-bond acceptors (Lipinski definition) is 7. The number of nitriles is 1. The van der Waals surface area contributed by atoms with Gasteiger partial charge in [0.2, 0.25) is 0 Å². The summed E-state index contributed by atoms with van der Waals surface area (Å²) < 4.78 is 45.8. The molecule has 2 fully saturated rings. The number of rotatable bonds is 7. The minimum absolute atomic E-state index is 0.0218. The molecule has 12 heteroatoms. The first kappa shape index (κ1) is 27.6. The van der Waals surface area contributed by atoms with Gasteiger partial charge in [0.05, 0.1) is 29.3 Å². The van der Waals surface area contributed by atoms with Gasteiger partial charge in [0.25, 0.3) is 5.69 Å². The van der Waals surface area contributed by atoms with Gasteiger partial charge < -0.3 is 19.9 Å². The highest BCUT2D eigenvalue weighted by molar-refractivity contribution is 7.80. The summed E-state index contributed by atoms with van der Waals surface area (Å²) in [5.41, 5.74) is -0.270. The monoisotopic (exact) mass is 547 g/mol. The summed E-state index contributed by atoms with van der Waals surface area (Å²) >= 11 is 5.61. The summed E-state index contributed by atoms with van der Waals surface area (Å²) in [5, 5.41) is 23.0. The van der Waals surface area contributed by atoms with Crippen LogP contribution in [0.15, 0.2) is 42.5 Å². The second kappa shape index (κ2) is 12.0. The van der Waals surface area contributed by atoms with E-state index < -0.39 is 22.4 Å². The standard InChI is InChI=1S/C26H28F3N5O3S/c27-26(28,29)23-15-20(5-10-24(23)34(35)36)31-19-3-8-22(9-4-19)37-17-25(38)33-13-11-32(12-14-33)21-6-1-18(16-30)2-7-21/h1-2,5-7,10,15,19,22,31H,3-4,8-9,11-14,17H2. The number of hydrogen-bond donors (Lipinski definition) is 1. The number of ether oxygens (including phenoxy) is 1. The van der Waals surface area contributed by atoms with E-state index in [1.54, 1.807) is 0 Å². The Morgan fingerprint density at radius 2 is 1.76 bits per heavy atom. The lowest BCUT2D eigenvalue weighted by atomic mass is 9.92. The van der Waals surface area contributed by atoms with Crippen LogP contribution in [0.3, 0.4) is 0 Å². The van der Waals surface area contributed by atoms with Crippen molar-refractivity contribution >= 4 is 34.3 Å². The van der Waals surface area contributed by atoms with Crippen molar-refractivity contribution in [1.29, 1.82) is 5.26 Å². The first-order valence-electron chi connectivity index (χ1n) is 12.4. The van der Waals surface area contributed by atoms with Crippen LogP contribution in [-0.2, 0) is 10.9 Å². The second-order valence-electron chi connectivity index (χ2n) is 9.44. The molecule has 1 aliphatic carbocycles. The SMILES string of the molecule is N#Cc1ccc(N2CCN(C(=S)COC3CCC(Nc4ccc([N+](=O)[O-])c(C(F)(F)F)c4)CC3)CC2)cc1. The fraction of sp³-hybridized carbons (Fsp3) is 0.462. The number of thiocarbonyl (C=S) groups is 1. The number of nitro benzene ring substituents is 1. The zero-order valence-corrected chi connectivity index (χ0v) is 21.4. The van der Waals surface area contributed by atoms with Crippen LogP contribution in [0, 0.1) is 21.4 Å². The Morgan fingerprint density at radius 3 is 2.34 bits per heavy atom. The molecule has 202 valence electrons. The van der Waals surface area contributed by atoms with E-state index in [9.17, 15) is 23.3 Å². The minimum atomic E-state index is -4.81. The molecule has 2 aromatic rings. The van der Waals surface area contributed by atoms with Crippen molar-refractivity contribution < 1.29 is 22.8 Å². The van der Waals surface area contributed by atoms with E-state index in [1.165, 1.54) is 6.07 Å². The summed E-state index contributed by atoms with van der Waals surface area (Å²) in [6, 6.07) is 12.6. The molecular formula is C26H28F3N5O3S. The molecule has 2 aromatic carbocycles. The topological polar surface area (TPSA) is 94.7 Å². The number of alkyl halides is 3. The van der Waals surface area contributed by atoms with Crippen LogP contribution in [0.5, 0.6) is 0 Å². The van der Waals surface area contributed by atoms with E-state index in [4.69, 9.17) is 22.2 Å². The van der Waals surface area contributed by atoms with Gasteiger partial charge in [-0.2, -0.15) is 18.4 Å². The smallest absolute Gasteiger partial charge is 0.382 e. The summed E-state index contributed by atoms with van der Waals surface area (Å²) in [5.74, 6) is 0. The minimum Gasteiger partial charge on any atom is -0.382 e. The van der Waals surface area contributed by atoms with Gasteiger partial charge in [-0.1, -0.05) is 12.2 Å². The largest absolute Gasteiger partial charge is 0.423 e. The molecule has 0 aromatic heterocycles. The lowest BCUT2D eigenvalue weighted by molar-refractivity contribution is -0.388. The lowest BCUT2D eigenvalue weighted by Crippen LogP contribution is -2.49. The molecule has 1 heterocycles. The van der Waals surface area contributed by atoms with Crippen molar-refractivity contribution in [3.05, 3.63) is 63.7 Å². The summed E-state index contributed by atoms with van der Waals surface area (Å²) in [6.07, 6.45) is -1.88. The van der Waals surface area contributed by atoms with E-state index in [2.05, 4.69) is 21.2 Å². The van der Waals surface area contributed by atoms with Crippen LogP contribution in [0.2, 0.25) is 0 Å². The van der Waals surface area contributed by atoms with E-state index in [-0.39, 0.29) is 17.8 Å². The van der Waals surface area contributed by atoms with Crippen LogP contribution >= 0.6 is 12.2 Å². The predicted molar refractivity (Wildman–Crippen MR) is 141 cm³/mol. The summed E-state index contributed by atoms with van der Waals surface area (Å²) in [6.45, 7) is 3.57. The number of benzene rings is 2. The van der Waals surface area contributed by atoms with Crippen molar-refractivity contribution in [2.45, 2.75) is 44.0 Å². The molecule has 1 aliphatic heterocycles. The molecule has 38 heavy (non-hydrogen) atoms. The normalized spacial score (nSPS) is 20.1. The predicted octanol–water partition coefficient (Wildman–Crippen LogP) is 5.37. The maximum Gasteiger partial charge on any atom is 0.423 e. The van der Waals surface area contributed by atoms with E-state index in [0.29, 0.717) is 25.0 Å². The van der Waals surface area contributed by atoms with Crippen molar-refractivity contribution in [1.82, 2.24) is 4.90 Å². The second-order valence-corrected chi connectivity index (χ2v) is 9.91. The molecule has 1 N–H and O–H groups in total. The zero-order valence-electron chi connectivity index (χ0n) is 20.6. The van der Waals surface area contributed by atoms with Crippen molar-refractivity contribution in [3.8, 4) is 6.07 Å². The lowest BCUT2D eigenvalue weighted by Gasteiger charge is -2.38. The van der Waals surface area contributed by atoms with Crippen LogP contribution in [0.25, 0.3) is 0 Å². The summed E-state index contributed by atoms with van der Waals surface area (Å²) in [4.78, 5) is 15.1. The number of piperazine rings is 1. The quantitative estimate of drug-likeness (QED) is 0.281. The molecule has 1 saturated heterocycles. The zero-order chi connectivity index (χ0) is 27.3. The molecule has 8 nitrogen and oxygen atoms in total. The first-order valence-corrected chi connectivity index (χ1v) is 12.8. The van der Waals surface area contributed by atoms with E-state index in [1.807, 2.05) is 24.3 Å². The van der Waals surface area contributed by atoms with Gasteiger partial charge in [0.1, 0.15) is 10.6 Å². The maximum absolute atomic E-state index is 13.3. The Hall–Kier alpha value is -3.43. The Balaban J connectivity index is 1.20. The average molecular weight is 548 g/mol. The van der Waals surface area contributed by atoms with Crippen LogP contribution in [-0.4, -0.2) is 59.7 Å². The molecule has 0 amide bonds. The highest BCUT2D eigenvalue weighted by Gasteiger charge is 2.38. The molecule has 4 rings (SSSR count). The van der Waals surface area contributed by atoms with Gasteiger partial charge in [-0.3, -0.25) is 10.1 Å².